The molecule has 1 saturated heterocycles. The van der Waals surface area contributed by atoms with Gasteiger partial charge in [-0.1, -0.05) is 58.0 Å². The maximum Gasteiger partial charge on any atom is 0.239 e. The minimum Gasteiger partial charge on any atom is -0.490 e. The van der Waals surface area contributed by atoms with Crippen molar-refractivity contribution in [3.63, 3.8) is 0 Å². The number of hydrogen-bond donors (Lipinski definition) is 2. The van der Waals surface area contributed by atoms with Crippen molar-refractivity contribution in [2.45, 2.75) is 90.7 Å². The first-order valence-electron chi connectivity index (χ1n) is 18.5. The van der Waals surface area contributed by atoms with Crippen LogP contribution in [0.1, 0.15) is 76.0 Å². The summed E-state index contributed by atoms with van der Waals surface area (Å²) in [5.74, 6) is 0.988. The fourth-order valence-corrected chi connectivity index (χ4v) is 7.30. The average molecular weight is 711 g/mol. The highest BCUT2D eigenvalue weighted by atomic mass is 16.5. The summed E-state index contributed by atoms with van der Waals surface area (Å²) in [6.45, 7) is 13.4. The molecule has 284 valence electrons. The lowest BCUT2D eigenvalue weighted by Gasteiger charge is -2.47. The summed E-state index contributed by atoms with van der Waals surface area (Å²) in [6, 6.07) is 13.9. The molecular weight excluding hydrogens is 648 g/mol. The number of carbonyl (C=O) groups excluding carboxylic acids is 2. The van der Waals surface area contributed by atoms with Crippen LogP contribution in [0.3, 0.4) is 0 Å². The van der Waals surface area contributed by atoms with E-state index in [1.165, 1.54) is 0 Å². The molecule has 4 atom stereocenters. The largest absolute Gasteiger partial charge is 0.490 e. The molecule has 11 heteroatoms. The summed E-state index contributed by atoms with van der Waals surface area (Å²) in [7, 11) is 5.05. The van der Waals surface area contributed by atoms with Crippen LogP contribution in [-0.4, -0.2) is 102 Å². The van der Waals surface area contributed by atoms with Crippen LogP contribution in [0.4, 0.5) is 5.69 Å². The number of nitrogens with one attached hydrogen (secondary N) is 1. The first-order valence-corrected chi connectivity index (χ1v) is 18.5. The fraction of sp³-hybridized carbons (Fsp3) is 0.650. The molecule has 2 heterocycles. The number of rotatable bonds is 19. The molecule has 0 aliphatic carbocycles. The Morgan fingerprint density at radius 3 is 2.43 bits per heavy atom. The van der Waals surface area contributed by atoms with Crippen LogP contribution in [0.15, 0.2) is 42.5 Å². The summed E-state index contributed by atoms with van der Waals surface area (Å²) in [5.41, 5.74) is 10.2. The van der Waals surface area contributed by atoms with Gasteiger partial charge in [-0.15, -0.1) is 0 Å². The molecule has 0 spiro atoms. The summed E-state index contributed by atoms with van der Waals surface area (Å²) < 4.78 is 29.0. The number of methoxy groups -OCH3 is 2. The molecule has 2 aromatic rings. The van der Waals surface area contributed by atoms with Crippen LogP contribution in [-0.2, 0) is 41.8 Å². The van der Waals surface area contributed by atoms with E-state index in [4.69, 9.17) is 29.4 Å². The zero-order valence-corrected chi connectivity index (χ0v) is 32.0. The number of nitrogens with zero attached hydrogens (tertiary/aromatic N) is 2. The number of piperidine rings is 1. The number of likely N-dealkylation sites (tertiary alicyclic amines) is 1. The van der Waals surface area contributed by atoms with Crippen LogP contribution in [0.2, 0.25) is 0 Å². The Balaban J connectivity index is 1.63. The molecule has 1 fully saturated rings. The SMILES string of the molecule is CNC(=O)C(C)(C)C[C@H]1C[C@H](c2ccc(COCCOC)cc2)[C@@H](OCc2ccc3c(c2)N(CCCOC)CCO3)CN1C(=O)C(N)CC(C)C. The maximum absolute atomic E-state index is 14.1. The van der Waals surface area contributed by atoms with E-state index >= 15 is 0 Å². The molecule has 3 N–H and O–H groups in total. The number of amides is 2. The Morgan fingerprint density at radius 1 is 1.02 bits per heavy atom. The summed E-state index contributed by atoms with van der Waals surface area (Å²) in [6.07, 6.45) is 2.36. The van der Waals surface area contributed by atoms with Gasteiger partial charge in [0.2, 0.25) is 11.8 Å². The lowest BCUT2D eigenvalue weighted by Crippen LogP contribution is -2.58. The van der Waals surface area contributed by atoms with Crippen LogP contribution in [0.25, 0.3) is 0 Å². The summed E-state index contributed by atoms with van der Waals surface area (Å²) in [5, 5.41) is 2.82. The molecule has 0 saturated carbocycles. The van der Waals surface area contributed by atoms with E-state index in [0.717, 1.165) is 47.6 Å². The number of benzene rings is 2. The predicted octanol–water partition coefficient (Wildman–Crippen LogP) is 4.89. The maximum atomic E-state index is 14.1. The summed E-state index contributed by atoms with van der Waals surface area (Å²) >= 11 is 0. The van der Waals surface area contributed by atoms with Gasteiger partial charge in [-0.05, 0) is 60.4 Å². The van der Waals surface area contributed by atoms with E-state index in [9.17, 15) is 9.59 Å². The standard InChI is InChI=1S/C40H62N4O7/c1-28(2)21-34(41)38(45)44-25-37(51-27-30-11-14-36-35(22-30)43(16-18-50-36)15-8-17-47-6)33(23-32(44)24-40(3,4)39(46)42-5)31-12-9-29(10-13-31)26-49-20-19-48-7/h9-14,22,28,32-34,37H,8,15-21,23-27,41H2,1-7H3,(H,42,46)/t32-,33-,34?,37+/m1/s1. The number of ether oxygens (including phenoxy) is 5. The molecule has 0 radical (unpaired) electrons. The van der Waals surface area contributed by atoms with Gasteiger partial charge >= 0.3 is 0 Å². The van der Waals surface area contributed by atoms with E-state index in [2.05, 4.69) is 60.5 Å². The number of anilines is 1. The molecule has 4 rings (SSSR count). The smallest absolute Gasteiger partial charge is 0.239 e. The Morgan fingerprint density at radius 2 is 1.75 bits per heavy atom. The van der Waals surface area contributed by atoms with Crippen LogP contribution >= 0.6 is 0 Å². The monoisotopic (exact) mass is 710 g/mol. The van der Waals surface area contributed by atoms with E-state index in [0.29, 0.717) is 65.4 Å². The zero-order chi connectivity index (χ0) is 37.0. The minimum atomic E-state index is -0.692. The van der Waals surface area contributed by atoms with Crippen LogP contribution in [0.5, 0.6) is 5.75 Å². The molecule has 0 aromatic heterocycles. The Kier molecular flexibility index (Phi) is 15.6. The predicted molar refractivity (Wildman–Crippen MR) is 200 cm³/mol. The second kappa shape index (κ2) is 19.6. The molecule has 11 nitrogen and oxygen atoms in total. The second-order valence-corrected chi connectivity index (χ2v) is 15.0. The van der Waals surface area contributed by atoms with Gasteiger partial charge in [0, 0.05) is 58.3 Å². The second-order valence-electron chi connectivity index (χ2n) is 15.0. The van der Waals surface area contributed by atoms with Gasteiger partial charge < -0.3 is 44.5 Å². The minimum absolute atomic E-state index is 0.0178. The van der Waals surface area contributed by atoms with Crippen molar-refractivity contribution in [1.29, 1.82) is 0 Å². The quantitative estimate of drug-likeness (QED) is 0.196. The van der Waals surface area contributed by atoms with E-state index < -0.39 is 11.5 Å². The van der Waals surface area contributed by atoms with Crippen LogP contribution < -0.4 is 20.7 Å². The number of carbonyl (C=O) groups is 2. The third-order valence-electron chi connectivity index (χ3n) is 10.0. The van der Waals surface area contributed by atoms with Crippen molar-refractivity contribution in [2.75, 3.05) is 72.2 Å². The first kappa shape index (κ1) is 40.5. The van der Waals surface area contributed by atoms with Gasteiger partial charge in [-0.2, -0.15) is 0 Å². The molecule has 2 amide bonds. The third kappa shape index (κ3) is 11.4. The van der Waals surface area contributed by atoms with Crippen LogP contribution in [0, 0.1) is 11.3 Å². The third-order valence-corrected chi connectivity index (χ3v) is 10.0. The number of hydrogen-bond acceptors (Lipinski definition) is 9. The fourth-order valence-electron chi connectivity index (χ4n) is 7.30. The van der Waals surface area contributed by atoms with Crippen molar-refractivity contribution in [3.05, 3.63) is 59.2 Å². The Labute approximate surface area is 305 Å². The molecule has 51 heavy (non-hydrogen) atoms. The lowest BCUT2D eigenvalue weighted by atomic mass is 9.76. The van der Waals surface area contributed by atoms with E-state index in [1.807, 2.05) is 24.8 Å². The van der Waals surface area contributed by atoms with Crippen molar-refractivity contribution in [1.82, 2.24) is 10.2 Å². The first-order chi connectivity index (χ1) is 24.5. The van der Waals surface area contributed by atoms with E-state index in [-0.39, 0.29) is 35.8 Å². The highest BCUT2D eigenvalue weighted by molar-refractivity contribution is 5.83. The van der Waals surface area contributed by atoms with Crippen molar-refractivity contribution < 1.29 is 33.3 Å². The number of nitrogens with two attached hydrogens (primary N) is 1. The highest BCUT2D eigenvalue weighted by Crippen LogP contribution is 2.40. The van der Waals surface area contributed by atoms with Crippen molar-refractivity contribution >= 4 is 17.5 Å². The Hall–Kier alpha value is -3.22. The molecule has 0 bridgehead atoms. The molecule has 2 aliphatic heterocycles. The number of fused-ring (bicyclic) bond motifs is 1. The van der Waals surface area contributed by atoms with Crippen molar-refractivity contribution in [3.8, 4) is 5.75 Å². The average Bonchev–Trinajstić information content (AvgIpc) is 3.12. The summed E-state index contributed by atoms with van der Waals surface area (Å²) in [4.78, 5) is 31.4. The van der Waals surface area contributed by atoms with Gasteiger partial charge in [-0.3, -0.25) is 9.59 Å². The van der Waals surface area contributed by atoms with E-state index in [1.54, 1.807) is 21.3 Å². The Bertz CT molecular complexity index is 1390. The highest BCUT2D eigenvalue weighted by Gasteiger charge is 2.43. The lowest BCUT2D eigenvalue weighted by molar-refractivity contribution is -0.145. The van der Waals surface area contributed by atoms with Gasteiger partial charge in [0.15, 0.2) is 0 Å². The molecule has 2 aromatic carbocycles. The van der Waals surface area contributed by atoms with Gasteiger partial charge in [0.05, 0.1) is 50.8 Å². The van der Waals surface area contributed by atoms with Crippen molar-refractivity contribution in [2.24, 2.45) is 17.1 Å². The van der Waals surface area contributed by atoms with Gasteiger partial charge in [0.1, 0.15) is 12.4 Å². The van der Waals surface area contributed by atoms with Gasteiger partial charge in [0.25, 0.3) is 0 Å². The normalized spacial score (nSPS) is 19.8. The topological polar surface area (TPSA) is 125 Å². The molecule has 1 unspecified atom stereocenters. The van der Waals surface area contributed by atoms with Gasteiger partial charge in [-0.25, -0.2) is 0 Å². The molecule has 2 aliphatic rings. The molecular formula is C40H62N4O7. The zero-order valence-electron chi connectivity index (χ0n) is 32.0.